The van der Waals surface area contributed by atoms with Crippen LogP contribution in [0.2, 0.25) is 0 Å². The van der Waals surface area contributed by atoms with Gasteiger partial charge in [0.2, 0.25) is 0 Å². The lowest BCUT2D eigenvalue weighted by molar-refractivity contribution is -0.140. The Balaban J connectivity index is 1.59. The highest BCUT2D eigenvalue weighted by Gasteiger charge is 2.25. The summed E-state index contributed by atoms with van der Waals surface area (Å²) in [6.45, 7) is 2.25. The summed E-state index contributed by atoms with van der Waals surface area (Å²) in [7, 11) is 0. The Morgan fingerprint density at radius 1 is 0.875 bits per heavy atom. The molecule has 0 bridgehead atoms. The number of hydrogen-bond donors (Lipinski definition) is 0. The van der Waals surface area contributed by atoms with E-state index in [2.05, 4.69) is 18.8 Å². The van der Waals surface area contributed by atoms with Crippen LogP contribution in [0.5, 0.6) is 5.75 Å². The van der Waals surface area contributed by atoms with E-state index >= 15 is 0 Å². The number of ether oxygens (including phenoxy) is 1. The molecule has 24 heavy (non-hydrogen) atoms. The highest BCUT2D eigenvalue weighted by atomic mass is 16.5. The first-order chi connectivity index (χ1) is 11.7. The minimum absolute atomic E-state index is 0.0544. The Hall–Kier alpha value is -2.53. The number of carbonyl (C=O) groups is 1. The molecular formula is C22H22O2. The Bertz CT molecular complexity index is 727. The van der Waals surface area contributed by atoms with Crippen molar-refractivity contribution >= 4 is 5.97 Å². The lowest BCUT2D eigenvalue weighted by Crippen LogP contribution is -2.24. The van der Waals surface area contributed by atoms with Crippen molar-refractivity contribution in [2.45, 2.75) is 32.6 Å². The molecule has 1 saturated carbocycles. The average Bonchev–Trinajstić information content (AvgIpc) is 2.62. The molecule has 0 radical (unpaired) electrons. The summed E-state index contributed by atoms with van der Waals surface area (Å²) in [5.74, 6) is 7.53. The zero-order valence-corrected chi connectivity index (χ0v) is 14.0. The zero-order chi connectivity index (χ0) is 16.8. The third kappa shape index (κ3) is 4.49. The minimum atomic E-state index is -0.0926. The van der Waals surface area contributed by atoms with Gasteiger partial charge in [0.25, 0.3) is 0 Å². The lowest BCUT2D eigenvalue weighted by atomic mass is 9.83. The molecule has 0 N–H and O–H groups in total. The average molecular weight is 318 g/mol. The third-order valence-electron chi connectivity index (χ3n) is 4.55. The molecule has 0 aliphatic heterocycles. The van der Waals surface area contributed by atoms with Crippen LogP contribution in [0.25, 0.3) is 0 Å². The molecule has 2 heteroatoms. The van der Waals surface area contributed by atoms with Gasteiger partial charge in [-0.25, -0.2) is 0 Å². The molecule has 122 valence electrons. The molecule has 0 aromatic heterocycles. The van der Waals surface area contributed by atoms with Gasteiger partial charge in [0.05, 0.1) is 5.92 Å². The molecule has 1 aliphatic rings. The van der Waals surface area contributed by atoms with Crippen molar-refractivity contribution in [1.29, 1.82) is 0 Å². The Morgan fingerprint density at radius 2 is 1.46 bits per heavy atom. The molecule has 2 aromatic rings. The maximum absolute atomic E-state index is 12.2. The molecule has 0 spiro atoms. The second kappa shape index (κ2) is 7.84. The van der Waals surface area contributed by atoms with Crippen LogP contribution >= 0.6 is 0 Å². The first kappa shape index (κ1) is 16.3. The van der Waals surface area contributed by atoms with Gasteiger partial charge in [0, 0.05) is 11.1 Å². The lowest BCUT2D eigenvalue weighted by Gasteiger charge is -2.24. The first-order valence-corrected chi connectivity index (χ1v) is 8.59. The fraction of sp³-hybridized carbons (Fsp3) is 0.318. The molecule has 0 saturated heterocycles. The second-order valence-electron chi connectivity index (χ2n) is 6.52. The van der Waals surface area contributed by atoms with E-state index in [0.717, 1.165) is 42.7 Å². The van der Waals surface area contributed by atoms with Crippen molar-refractivity contribution in [3.05, 3.63) is 65.7 Å². The summed E-state index contributed by atoms with van der Waals surface area (Å²) in [5.41, 5.74) is 1.89. The Labute approximate surface area is 143 Å². The van der Waals surface area contributed by atoms with Gasteiger partial charge in [-0.05, 0) is 68.0 Å². The smallest absolute Gasteiger partial charge is 0.314 e. The number of rotatable bonds is 2. The van der Waals surface area contributed by atoms with E-state index in [4.69, 9.17) is 4.74 Å². The zero-order valence-electron chi connectivity index (χ0n) is 14.0. The summed E-state index contributed by atoms with van der Waals surface area (Å²) in [6.07, 6.45) is 4.13. The molecule has 1 aliphatic carbocycles. The van der Waals surface area contributed by atoms with Gasteiger partial charge in [0.15, 0.2) is 0 Å². The van der Waals surface area contributed by atoms with Gasteiger partial charge >= 0.3 is 5.97 Å². The predicted octanol–water partition coefficient (Wildman–Crippen LogP) is 4.82. The van der Waals surface area contributed by atoms with Crippen molar-refractivity contribution < 1.29 is 9.53 Å². The summed E-state index contributed by atoms with van der Waals surface area (Å²) in [5, 5.41) is 0. The van der Waals surface area contributed by atoms with Crippen molar-refractivity contribution in [3.63, 3.8) is 0 Å². The van der Waals surface area contributed by atoms with E-state index in [1.54, 1.807) is 0 Å². The summed E-state index contributed by atoms with van der Waals surface area (Å²) >= 11 is 0. The highest BCUT2D eigenvalue weighted by molar-refractivity contribution is 5.75. The quantitative estimate of drug-likeness (QED) is 0.451. The Morgan fingerprint density at radius 3 is 2.08 bits per heavy atom. The van der Waals surface area contributed by atoms with Crippen LogP contribution in [0.4, 0.5) is 0 Å². The topological polar surface area (TPSA) is 26.3 Å². The van der Waals surface area contributed by atoms with Gasteiger partial charge in [-0.2, -0.15) is 0 Å². The van der Waals surface area contributed by atoms with Crippen LogP contribution in [0, 0.1) is 23.7 Å². The minimum Gasteiger partial charge on any atom is -0.426 e. The van der Waals surface area contributed by atoms with Crippen LogP contribution < -0.4 is 4.74 Å². The number of esters is 1. The molecule has 0 heterocycles. The number of hydrogen-bond acceptors (Lipinski definition) is 2. The third-order valence-corrected chi connectivity index (χ3v) is 4.55. The van der Waals surface area contributed by atoms with Gasteiger partial charge in [0.1, 0.15) is 5.75 Å². The largest absolute Gasteiger partial charge is 0.426 e. The molecule has 0 unspecified atom stereocenters. The Kier molecular flexibility index (Phi) is 5.33. The summed E-state index contributed by atoms with van der Waals surface area (Å²) in [6, 6.07) is 17.3. The first-order valence-electron chi connectivity index (χ1n) is 8.59. The van der Waals surface area contributed by atoms with Crippen molar-refractivity contribution in [3.8, 4) is 17.6 Å². The van der Waals surface area contributed by atoms with Crippen molar-refractivity contribution in [2.75, 3.05) is 0 Å². The molecule has 0 amide bonds. The summed E-state index contributed by atoms with van der Waals surface area (Å²) < 4.78 is 5.52. The second-order valence-corrected chi connectivity index (χ2v) is 6.52. The normalized spacial score (nSPS) is 19.9. The van der Waals surface area contributed by atoms with Crippen LogP contribution in [-0.4, -0.2) is 5.97 Å². The number of benzene rings is 2. The van der Waals surface area contributed by atoms with E-state index in [1.165, 1.54) is 0 Å². The fourth-order valence-electron chi connectivity index (χ4n) is 2.97. The standard InChI is InChI=1S/C22H22O2/c1-17-7-13-20(14-8-17)22(23)24-21-15-11-19(12-16-21)10-9-18-5-3-2-4-6-18/h2-6,11-12,15-17,20H,7-8,13-14H2,1H3. The van der Waals surface area contributed by atoms with E-state index in [-0.39, 0.29) is 11.9 Å². The van der Waals surface area contributed by atoms with Gasteiger partial charge in [-0.1, -0.05) is 37.0 Å². The van der Waals surface area contributed by atoms with E-state index < -0.39 is 0 Å². The fourth-order valence-corrected chi connectivity index (χ4v) is 2.97. The van der Waals surface area contributed by atoms with E-state index in [0.29, 0.717) is 5.75 Å². The molecule has 2 aromatic carbocycles. The molecule has 3 rings (SSSR count). The van der Waals surface area contributed by atoms with E-state index in [9.17, 15) is 4.79 Å². The molecular weight excluding hydrogens is 296 g/mol. The molecule has 0 atom stereocenters. The van der Waals surface area contributed by atoms with Crippen LogP contribution in [0.1, 0.15) is 43.7 Å². The van der Waals surface area contributed by atoms with Gasteiger partial charge in [-0.3, -0.25) is 4.79 Å². The van der Waals surface area contributed by atoms with E-state index in [1.807, 2.05) is 54.6 Å². The van der Waals surface area contributed by atoms with Gasteiger partial charge in [-0.15, -0.1) is 0 Å². The molecule has 2 nitrogen and oxygen atoms in total. The maximum atomic E-state index is 12.2. The van der Waals surface area contributed by atoms with Crippen molar-refractivity contribution in [2.24, 2.45) is 11.8 Å². The monoisotopic (exact) mass is 318 g/mol. The van der Waals surface area contributed by atoms with Gasteiger partial charge < -0.3 is 4.74 Å². The van der Waals surface area contributed by atoms with Crippen LogP contribution in [0.3, 0.4) is 0 Å². The predicted molar refractivity (Wildman–Crippen MR) is 95.6 cm³/mol. The van der Waals surface area contributed by atoms with Crippen LogP contribution in [-0.2, 0) is 4.79 Å². The molecule has 1 fully saturated rings. The number of carbonyl (C=O) groups excluding carboxylic acids is 1. The highest BCUT2D eigenvalue weighted by Crippen LogP contribution is 2.29. The summed E-state index contributed by atoms with van der Waals surface area (Å²) in [4.78, 5) is 12.2. The maximum Gasteiger partial charge on any atom is 0.314 e. The van der Waals surface area contributed by atoms with Crippen molar-refractivity contribution in [1.82, 2.24) is 0 Å². The van der Waals surface area contributed by atoms with Crippen LogP contribution in [0.15, 0.2) is 54.6 Å². The SMILES string of the molecule is CC1CCC(C(=O)Oc2ccc(C#Cc3ccccc3)cc2)CC1.